The van der Waals surface area contributed by atoms with Crippen LogP contribution in [0.25, 0.3) is 0 Å². The second-order valence-electron chi connectivity index (χ2n) is 5.26. The summed E-state index contributed by atoms with van der Waals surface area (Å²) in [6.07, 6.45) is 4.03. The van der Waals surface area contributed by atoms with Gasteiger partial charge in [0.25, 0.3) is 0 Å². The fraction of sp³-hybridized carbons (Fsp3) is 0.333. The van der Waals surface area contributed by atoms with Gasteiger partial charge in [0, 0.05) is 26.2 Å². The van der Waals surface area contributed by atoms with Crippen LogP contribution < -0.4 is 20.5 Å². The van der Waals surface area contributed by atoms with Crippen molar-refractivity contribution in [2.75, 3.05) is 6.79 Å². The molecule has 2 heterocycles. The van der Waals surface area contributed by atoms with E-state index in [9.17, 15) is 4.79 Å². The molecule has 0 aliphatic carbocycles. The molecule has 0 spiro atoms. The van der Waals surface area contributed by atoms with Crippen LogP contribution in [-0.4, -0.2) is 28.3 Å². The van der Waals surface area contributed by atoms with Gasteiger partial charge in [-0.2, -0.15) is 0 Å². The topological polar surface area (TPSA) is 91.4 Å². The Morgan fingerprint density at radius 2 is 2.27 bits per heavy atom. The average Bonchev–Trinajstić information content (AvgIpc) is 3.11. The number of benzene rings is 1. The lowest BCUT2D eigenvalue weighted by atomic mass is 10.1. The standard InChI is InChI=1S/C15H18N4O3/c1-19-7-11(18-8-19)5-12(15(16)20)17-6-10-2-3-13-14(4-10)22-9-21-13/h2-4,7-8,12,17H,5-6,9H2,1H3,(H2,16,20). The molecule has 1 atom stereocenters. The molecule has 1 aliphatic rings. The van der Waals surface area contributed by atoms with Crippen LogP contribution in [0.15, 0.2) is 30.7 Å². The van der Waals surface area contributed by atoms with Crippen molar-refractivity contribution in [1.29, 1.82) is 0 Å². The number of carbonyl (C=O) groups is 1. The molecule has 0 fully saturated rings. The Hall–Kier alpha value is -2.54. The molecular weight excluding hydrogens is 284 g/mol. The van der Waals surface area contributed by atoms with Crippen LogP contribution in [0.5, 0.6) is 11.5 Å². The van der Waals surface area contributed by atoms with Crippen LogP contribution in [0, 0.1) is 0 Å². The summed E-state index contributed by atoms with van der Waals surface area (Å²) in [6, 6.07) is 5.21. The zero-order valence-corrected chi connectivity index (χ0v) is 12.3. The molecule has 1 unspecified atom stereocenters. The number of nitrogens with two attached hydrogens (primary N) is 1. The molecule has 3 rings (SSSR count). The zero-order chi connectivity index (χ0) is 15.5. The van der Waals surface area contributed by atoms with Crippen LogP contribution in [-0.2, 0) is 24.8 Å². The number of nitrogens with one attached hydrogen (secondary N) is 1. The number of fused-ring (bicyclic) bond motifs is 1. The lowest BCUT2D eigenvalue weighted by Crippen LogP contribution is -2.42. The van der Waals surface area contributed by atoms with Gasteiger partial charge in [-0.25, -0.2) is 4.98 Å². The van der Waals surface area contributed by atoms with E-state index in [4.69, 9.17) is 15.2 Å². The number of ether oxygens (including phenoxy) is 2. The predicted molar refractivity (Wildman–Crippen MR) is 79.3 cm³/mol. The van der Waals surface area contributed by atoms with Crippen molar-refractivity contribution in [3.8, 4) is 11.5 Å². The van der Waals surface area contributed by atoms with Crippen molar-refractivity contribution < 1.29 is 14.3 Å². The van der Waals surface area contributed by atoms with Gasteiger partial charge in [0.15, 0.2) is 11.5 Å². The maximum absolute atomic E-state index is 11.6. The number of aryl methyl sites for hydroxylation is 1. The summed E-state index contributed by atoms with van der Waals surface area (Å²) < 4.78 is 12.4. The summed E-state index contributed by atoms with van der Waals surface area (Å²) in [7, 11) is 1.88. The number of nitrogens with zero attached hydrogens (tertiary/aromatic N) is 2. The van der Waals surface area contributed by atoms with Crippen molar-refractivity contribution in [1.82, 2.24) is 14.9 Å². The fourth-order valence-corrected chi connectivity index (χ4v) is 2.35. The summed E-state index contributed by atoms with van der Waals surface area (Å²) in [6.45, 7) is 0.757. The quantitative estimate of drug-likeness (QED) is 0.802. The number of amides is 1. The smallest absolute Gasteiger partial charge is 0.234 e. The van der Waals surface area contributed by atoms with Gasteiger partial charge in [-0.15, -0.1) is 0 Å². The van der Waals surface area contributed by atoms with E-state index in [2.05, 4.69) is 10.3 Å². The van der Waals surface area contributed by atoms with Crippen LogP contribution in [0.4, 0.5) is 0 Å². The van der Waals surface area contributed by atoms with Crippen molar-refractivity contribution in [2.24, 2.45) is 12.8 Å². The van der Waals surface area contributed by atoms with E-state index in [1.54, 1.807) is 6.33 Å². The molecule has 1 aliphatic heterocycles. The highest BCUT2D eigenvalue weighted by Gasteiger charge is 2.18. The monoisotopic (exact) mass is 302 g/mol. The Kier molecular flexibility index (Phi) is 3.97. The third-order valence-electron chi connectivity index (χ3n) is 3.50. The number of imidazole rings is 1. The van der Waals surface area contributed by atoms with Gasteiger partial charge < -0.3 is 25.1 Å². The number of carbonyl (C=O) groups excluding carboxylic acids is 1. The van der Waals surface area contributed by atoms with Gasteiger partial charge in [0.05, 0.1) is 18.1 Å². The van der Waals surface area contributed by atoms with Gasteiger partial charge in [0.1, 0.15) is 0 Å². The first-order valence-electron chi connectivity index (χ1n) is 7.00. The Morgan fingerprint density at radius 3 is 3.00 bits per heavy atom. The second kappa shape index (κ2) is 6.07. The number of hydrogen-bond acceptors (Lipinski definition) is 5. The number of primary amides is 1. The van der Waals surface area contributed by atoms with Gasteiger partial charge >= 0.3 is 0 Å². The van der Waals surface area contributed by atoms with Gasteiger partial charge in [-0.05, 0) is 17.7 Å². The van der Waals surface area contributed by atoms with Crippen molar-refractivity contribution in [3.05, 3.63) is 42.0 Å². The summed E-state index contributed by atoms with van der Waals surface area (Å²) in [5.74, 6) is 1.06. The number of aromatic nitrogens is 2. The number of rotatable bonds is 6. The van der Waals surface area contributed by atoms with E-state index in [-0.39, 0.29) is 6.79 Å². The highest BCUT2D eigenvalue weighted by atomic mass is 16.7. The Morgan fingerprint density at radius 1 is 1.45 bits per heavy atom. The lowest BCUT2D eigenvalue weighted by molar-refractivity contribution is -0.120. The third-order valence-corrected chi connectivity index (χ3v) is 3.50. The Labute approximate surface area is 128 Å². The minimum Gasteiger partial charge on any atom is -0.454 e. The summed E-state index contributed by atoms with van der Waals surface area (Å²) in [5, 5.41) is 3.16. The molecule has 0 saturated heterocycles. The molecule has 116 valence electrons. The van der Waals surface area contributed by atoms with Gasteiger partial charge in [0.2, 0.25) is 12.7 Å². The maximum Gasteiger partial charge on any atom is 0.234 e. The molecule has 0 bridgehead atoms. The van der Waals surface area contributed by atoms with E-state index in [1.165, 1.54) is 0 Å². The van der Waals surface area contributed by atoms with Crippen molar-refractivity contribution in [2.45, 2.75) is 19.0 Å². The van der Waals surface area contributed by atoms with Crippen molar-refractivity contribution in [3.63, 3.8) is 0 Å². The molecule has 7 nitrogen and oxygen atoms in total. The molecule has 0 saturated carbocycles. The highest BCUT2D eigenvalue weighted by Crippen LogP contribution is 2.32. The zero-order valence-electron chi connectivity index (χ0n) is 12.3. The maximum atomic E-state index is 11.6. The highest BCUT2D eigenvalue weighted by molar-refractivity contribution is 5.80. The van der Waals surface area contributed by atoms with Gasteiger partial charge in [-0.1, -0.05) is 6.07 Å². The van der Waals surface area contributed by atoms with E-state index in [0.29, 0.717) is 13.0 Å². The minimum atomic E-state index is -0.472. The molecular formula is C15H18N4O3. The molecule has 3 N–H and O–H groups in total. The fourth-order valence-electron chi connectivity index (χ4n) is 2.35. The van der Waals surface area contributed by atoms with E-state index < -0.39 is 11.9 Å². The average molecular weight is 302 g/mol. The lowest BCUT2D eigenvalue weighted by Gasteiger charge is -2.14. The molecule has 1 aromatic heterocycles. The molecule has 1 amide bonds. The van der Waals surface area contributed by atoms with Crippen LogP contribution >= 0.6 is 0 Å². The summed E-state index contributed by atoms with van der Waals surface area (Å²) in [5.41, 5.74) is 7.29. The number of hydrogen-bond donors (Lipinski definition) is 2. The largest absolute Gasteiger partial charge is 0.454 e. The SMILES string of the molecule is Cn1cnc(CC(NCc2ccc3c(c2)OCO3)C(N)=O)c1. The first-order chi connectivity index (χ1) is 10.6. The third kappa shape index (κ3) is 3.20. The predicted octanol–water partition coefficient (Wildman–Crippen LogP) is 0.335. The van der Waals surface area contributed by atoms with Crippen molar-refractivity contribution >= 4 is 5.91 Å². The Balaban J connectivity index is 1.63. The molecule has 2 aromatic rings. The molecule has 7 heteroatoms. The summed E-state index contributed by atoms with van der Waals surface area (Å²) in [4.78, 5) is 15.8. The summed E-state index contributed by atoms with van der Waals surface area (Å²) >= 11 is 0. The van der Waals surface area contributed by atoms with E-state index in [0.717, 1.165) is 22.8 Å². The van der Waals surface area contributed by atoms with E-state index in [1.807, 2.05) is 36.0 Å². The van der Waals surface area contributed by atoms with Crippen LogP contribution in [0.3, 0.4) is 0 Å². The first-order valence-corrected chi connectivity index (χ1v) is 7.00. The van der Waals surface area contributed by atoms with Gasteiger partial charge in [-0.3, -0.25) is 4.79 Å². The Bertz CT molecular complexity index is 683. The van der Waals surface area contributed by atoms with Crippen LogP contribution in [0.1, 0.15) is 11.3 Å². The molecule has 1 aromatic carbocycles. The van der Waals surface area contributed by atoms with Crippen LogP contribution in [0.2, 0.25) is 0 Å². The molecule has 22 heavy (non-hydrogen) atoms. The minimum absolute atomic E-state index is 0.246. The van der Waals surface area contributed by atoms with E-state index >= 15 is 0 Å². The second-order valence-corrected chi connectivity index (χ2v) is 5.26. The normalized spacial score (nSPS) is 14.0. The molecule has 0 radical (unpaired) electrons. The first kappa shape index (κ1) is 14.4.